The molecule has 2 bridgehead atoms. The molecule has 7 atom stereocenters. The van der Waals surface area contributed by atoms with Crippen molar-refractivity contribution >= 4 is 46.8 Å². The van der Waals surface area contributed by atoms with Gasteiger partial charge in [-0.1, -0.05) is 86.5 Å². The zero-order chi connectivity index (χ0) is 32.5. The molecule has 0 radical (unpaired) electrons. The SMILES string of the molecule is C=CCN(Cc1ccccc1)C(=O)[C@@H]1[C@@H]2CCC3(S2)C(C(=O)N(CC=C)c2c(C)cccc2Cl)N([C@@H](CO)[C@@H](C)CC)C(=O)[C@H]13. The summed E-state index contributed by atoms with van der Waals surface area (Å²) in [6.07, 6.45) is 5.47. The lowest BCUT2D eigenvalue weighted by Crippen LogP contribution is -2.59. The van der Waals surface area contributed by atoms with Crippen molar-refractivity contribution < 1.29 is 19.5 Å². The minimum absolute atomic E-state index is 0.0638. The summed E-state index contributed by atoms with van der Waals surface area (Å²) in [4.78, 5) is 49.4. The van der Waals surface area contributed by atoms with Crippen molar-refractivity contribution in [1.82, 2.24) is 9.80 Å². The maximum Gasteiger partial charge on any atom is 0.251 e. The van der Waals surface area contributed by atoms with Crippen molar-refractivity contribution in [2.45, 2.75) is 68.7 Å². The van der Waals surface area contributed by atoms with E-state index in [4.69, 9.17) is 11.6 Å². The van der Waals surface area contributed by atoms with E-state index in [1.54, 1.807) is 44.7 Å². The van der Waals surface area contributed by atoms with Crippen LogP contribution in [0, 0.1) is 24.7 Å². The summed E-state index contributed by atoms with van der Waals surface area (Å²) in [5, 5.41) is 11.1. The van der Waals surface area contributed by atoms with Gasteiger partial charge < -0.3 is 19.8 Å². The van der Waals surface area contributed by atoms with Crippen LogP contribution in [0.15, 0.2) is 73.8 Å². The molecule has 3 saturated heterocycles. The number of halogens is 1. The molecule has 3 amide bonds. The summed E-state index contributed by atoms with van der Waals surface area (Å²) in [6, 6.07) is 13.9. The molecule has 2 aromatic carbocycles. The fourth-order valence-electron chi connectivity index (χ4n) is 7.76. The number of para-hydroxylation sites is 1. The summed E-state index contributed by atoms with van der Waals surface area (Å²) in [7, 11) is 0. The second-order valence-corrected chi connectivity index (χ2v) is 14.6. The molecule has 240 valence electrons. The average molecular weight is 650 g/mol. The molecular formula is C36H44ClN3O4S. The van der Waals surface area contributed by atoms with Gasteiger partial charge in [-0.3, -0.25) is 14.4 Å². The van der Waals surface area contributed by atoms with Gasteiger partial charge in [0.15, 0.2) is 0 Å². The molecule has 3 aliphatic heterocycles. The number of rotatable bonds is 13. The maximum atomic E-state index is 15.0. The van der Waals surface area contributed by atoms with Gasteiger partial charge in [0.05, 0.1) is 39.9 Å². The second-order valence-electron chi connectivity index (χ2n) is 12.6. The normalized spacial score (nSPS) is 26.3. The van der Waals surface area contributed by atoms with Gasteiger partial charge in [-0.25, -0.2) is 0 Å². The fraction of sp³-hybridized carbons (Fsp3) is 0.472. The van der Waals surface area contributed by atoms with Crippen LogP contribution < -0.4 is 4.90 Å². The number of fused-ring (bicyclic) bond motifs is 1. The third-order valence-corrected chi connectivity index (χ3v) is 12.3. The summed E-state index contributed by atoms with van der Waals surface area (Å²) >= 11 is 8.34. The first-order chi connectivity index (χ1) is 21.6. The van der Waals surface area contributed by atoms with Crippen LogP contribution in [0.4, 0.5) is 5.69 Å². The van der Waals surface area contributed by atoms with Gasteiger partial charge in [0.25, 0.3) is 5.91 Å². The predicted octanol–water partition coefficient (Wildman–Crippen LogP) is 5.88. The van der Waals surface area contributed by atoms with Gasteiger partial charge in [-0.2, -0.15) is 0 Å². The van der Waals surface area contributed by atoms with Crippen molar-refractivity contribution in [3.8, 4) is 0 Å². The Labute approximate surface area is 276 Å². The lowest BCUT2D eigenvalue weighted by atomic mass is 9.70. The van der Waals surface area contributed by atoms with Crippen molar-refractivity contribution in [2.75, 3.05) is 24.6 Å². The number of anilines is 1. The first-order valence-electron chi connectivity index (χ1n) is 15.9. The molecular weight excluding hydrogens is 606 g/mol. The Balaban J connectivity index is 1.61. The minimum atomic E-state index is -0.869. The van der Waals surface area contributed by atoms with Gasteiger partial charge in [-0.05, 0) is 42.9 Å². The van der Waals surface area contributed by atoms with Gasteiger partial charge in [-0.15, -0.1) is 24.9 Å². The largest absolute Gasteiger partial charge is 0.394 e. The van der Waals surface area contributed by atoms with E-state index in [-0.39, 0.29) is 42.0 Å². The van der Waals surface area contributed by atoms with Crippen LogP contribution in [0.25, 0.3) is 0 Å². The molecule has 7 nitrogen and oxygen atoms in total. The number of nitrogens with zero attached hydrogens (tertiary/aromatic N) is 3. The second kappa shape index (κ2) is 13.7. The quantitative estimate of drug-likeness (QED) is 0.274. The highest BCUT2D eigenvalue weighted by molar-refractivity contribution is 8.02. The Morgan fingerprint density at radius 2 is 1.84 bits per heavy atom. The molecule has 2 unspecified atom stereocenters. The van der Waals surface area contributed by atoms with Gasteiger partial charge in [0.2, 0.25) is 11.8 Å². The monoisotopic (exact) mass is 649 g/mol. The Bertz CT molecular complexity index is 1430. The highest BCUT2D eigenvalue weighted by Crippen LogP contribution is 2.67. The van der Waals surface area contributed by atoms with E-state index in [0.717, 1.165) is 24.0 Å². The third-order valence-electron chi connectivity index (χ3n) is 10.0. The molecule has 0 aromatic heterocycles. The molecule has 0 aliphatic carbocycles. The van der Waals surface area contributed by atoms with E-state index in [1.807, 2.05) is 63.2 Å². The van der Waals surface area contributed by atoms with E-state index in [0.29, 0.717) is 30.2 Å². The van der Waals surface area contributed by atoms with E-state index >= 15 is 4.79 Å². The number of amides is 3. The number of benzene rings is 2. The van der Waals surface area contributed by atoms with Crippen LogP contribution in [0.3, 0.4) is 0 Å². The topological polar surface area (TPSA) is 81.2 Å². The van der Waals surface area contributed by atoms with E-state index in [2.05, 4.69) is 13.2 Å². The molecule has 3 aliphatic rings. The van der Waals surface area contributed by atoms with Gasteiger partial charge in [0.1, 0.15) is 6.04 Å². The van der Waals surface area contributed by atoms with Crippen LogP contribution >= 0.6 is 23.4 Å². The smallest absolute Gasteiger partial charge is 0.251 e. The zero-order valence-corrected chi connectivity index (χ0v) is 28.0. The summed E-state index contributed by atoms with van der Waals surface area (Å²) < 4.78 is -0.804. The molecule has 2 aromatic rings. The van der Waals surface area contributed by atoms with Crippen LogP contribution in [-0.2, 0) is 20.9 Å². The lowest BCUT2D eigenvalue weighted by molar-refractivity contribution is -0.146. The third kappa shape index (κ3) is 5.74. The molecule has 9 heteroatoms. The van der Waals surface area contributed by atoms with Crippen molar-refractivity contribution in [3.63, 3.8) is 0 Å². The van der Waals surface area contributed by atoms with Crippen LogP contribution in [0.1, 0.15) is 44.2 Å². The average Bonchev–Trinajstić information content (AvgIpc) is 3.68. The maximum absolute atomic E-state index is 15.0. The minimum Gasteiger partial charge on any atom is -0.394 e. The van der Waals surface area contributed by atoms with Crippen molar-refractivity contribution in [1.29, 1.82) is 0 Å². The van der Waals surface area contributed by atoms with E-state index in [1.165, 1.54) is 0 Å². The molecule has 1 N–H and O–H groups in total. The van der Waals surface area contributed by atoms with Gasteiger partial charge >= 0.3 is 0 Å². The summed E-state index contributed by atoms with van der Waals surface area (Å²) in [5.41, 5.74) is 2.42. The number of aliphatic hydroxyl groups excluding tert-OH is 1. The van der Waals surface area contributed by atoms with Crippen molar-refractivity contribution in [2.24, 2.45) is 17.8 Å². The number of hydrogen-bond acceptors (Lipinski definition) is 5. The summed E-state index contributed by atoms with van der Waals surface area (Å²) in [5.74, 6) is -1.87. The highest BCUT2D eigenvalue weighted by Gasteiger charge is 2.75. The number of aliphatic hydroxyl groups is 1. The number of thioether (sulfide) groups is 1. The number of aryl methyl sites for hydroxylation is 1. The first kappa shape index (κ1) is 33.3. The molecule has 3 heterocycles. The number of carbonyl (C=O) groups is 3. The van der Waals surface area contributed by atoms with Crippen LogP contribution in [-0.4, -0.2) is 74.4 Å². The fourth-order valence-corrected chi connectivity index (χ4v) is 10.3. The van der Waals surface area contributed by atoms with Crippen LogP contribution in [0.2, 0.25) is 5.02 Å². The Morgan fingerprint density at radius 1 is 1.13 bits per heavy atom. The Hall–Kier alpha value is -3.07. The number of likely N-dealkylation sites (tertiary alicyclic amines) is 1. The summed E-state index contributed by atoms with van der Waals surface area (Å²) in [6.45, 7) is 14.4. The zero-order valence-electron chi connectivity index (χ0n) is 26.4. The molecule has 0 saturated carbocycles. The Morgan fingerprint density at radius 3 is 2.47 bits per heavy atom. The highest BCUT2D eigenvalue weighted by atomic mass is 35.5. The molecule has 1 spiro atoms. The predicted molar refractivity (Wildman–Crippen MR) is 182 cm³/mol. The van der Waals surface area contributed by atoms with E-state index in [9.17, 15) is 14.7 Å². The number of carbonyl (C=O) groups excluding carboxylic acids is 3. The molecule has 5 rings (SSSR count). The van der Waals surface area contributed by atoms with Crippen LogP contribution in [0.5, 0.6) is 0 Å². The first-order valence-corrected chi connectivity index (χ1v) is 17.1. The number of hydrogen-bond donors (Lipinski definition) is 1. The lowest BCUT2D eigenvalue weighted by Gasteiger charge is -2.41. The molecule has 45 heavy (non-hydrogen) atoms. The Kier molecular flexibility index (Phi) is 10.2. The van der Waals surface area contributed by atoms with E-state index < -0.39 is 28.7 Å². The molecule has 3 fully saturated rings. The van der Waals surface area contributed by atoms with Gasteiger partial charge in [0, 0.05) is 24.9 Å². The standard InChI is InChI=1S/C36H44ClN3O4S/c1-6-19-38(21-25-14-10-9-11-15-25)33(42)29-28-17-18-36(45-28)30(29)34(43)40(27(22-41)23(4)8-3)32(36)35(44)39(20-7-2)31-24(5)13-12-16-26(31)37/h6-7,9-16,23,27-30,32,41H,1-2,8,17-22H2,3-5H3/t23-,27-,28-,29+,30-,32?,36?/m0/s1. The van der Waals surface area contributed by atoms with Crippen molar-refractivity contribution in [3.05, 3.63) is 90.0 Å².